The Balaban J connectivity index is 3.06. The maximum atomic E-state index is 10.6. The normalized spacial score (nSPS) is 9.33. The highest BCUT2D eigenvalue weighted by Gasteiger charge is 2.15. The molecule has 0 radical (unpaired) electrons. The van der Waals surface area contributed by atoms with Gasteiger partial charge in [-0.05, 0) is 11.6 Å². The monoisotopic (exact) mass is 226 g/mol. The number of nitriles is 1. The molecule has 0 unspecified atom stereocenters. The quantitative estimate of drug-likeness (QED) is 0.448. The molecule has 1 rings (SSSR count). The molecule has 0 spiro atoms. The van der Waals surface area contributed by atoms with Gasteiger partial charge in [0.15, 0.2) is 12.4 Å². The topological polar surface area (TPSA) is 76.2 Å². The Bertz CT molecular complexity index is 414. The highest BCUT2D eigenvalue weighted by Crippen LogP contribution is 2.28. The van der Waals surface area contributed by atoms with Gasteiger partial charge >= 0.3 is 5.69 Å². The van der Waals surface area contributed by atoms with E-state index < -0.39 is 4.92 Å². The number of hydrogen-bond acceptors (Lipinski definition) is 4. The van der Waals surface area contributed by atoms with Gasteiger partial charge in [-0.15, -0.1) is 11.6 Å². The van der Waals surface area contributed by atoms with Crippen molar-refractivity contribution < 1.29 is 9.66 Å². The third-order valence-electron chi connectivity index (χ3n) is 1.67. The smallest absolute Gasteiger partial charge is 0.310 e. The van der Waals surface area contributed by atoms with Crippen LogP contribution in [0.4, 0.5) is 5.69 Å². The van der Waals surface area contributed by atoms with Gasteiger partial charge in [-0.2, -0.15) is 5.26 Å². The van der Waals surface area contributed by atoms with E-state index in [0.717, 1.165) is 0 Å². The Morgan fingerprint density at radius 1 is 1.60 bits per heavy atom. The maximum absolute atomic E-state index is 10.6. The fraction of sp³-hybridized carbons (Fsp3) is 0.222. The van der Waals surface area contributed by atoms with Crippen molar-refractivity contribution in [3.05, 3.63) is 33.9 Å². The molecule has 0 atom stereocenters. The van der Waals surface area contributed by atoms with E-state index in [4.69, 9.17) is 21.6 Å². The number of ether oxygens (including phenoxy) is 1. The van der Waals surface area contributed by atoms with Gasteiger partial charge in [0.05, 0.1) is 4.92 Å². The first-order valence-corrected chi connectivity index (χ1v) is 4.55. The van der Waals surface area contributed by atoms with Gasteiger partial charge in [-0.25, -0.2) is 0 Å². The van der Waals surface area contributed by atoms with Gasteiger partial charge in [0.2, 0.25) is 0 Å². The van der Waals surface area contributed by atoms with Crippen LogP contribution in [-0.4, -0.2) is 11.5 Å². The number of nitrogens with zero attached hydrogens (tertiary/aromatic N) is 2. The first-order valence-electron chi connectivity index (χ1n) is 4.02. The molecule has 0 saturated heterocycles. The minimum atomic E-state index is -0.565. The molecule has 0 fully saturated rings. The minimum absolute atomic E-state index is 0.0692. The molecule has 0 aliphatic rings. The van der Waals surface area contributed by atoms with Crippen LogP contribution in [0.3, 0.4) is 0 Å². The van der Waals surface area contributed by atoms with Crippen molar-refractivity contribution in [2.24, 2.45) is 0 Å². The largest absolute Gasteiger partial charge is 0.472 e. The Morgan fingerprint density at radius 3 is 2.87 bits per heavy atom. The highest BCUT2D eigenvalue weighted by molar-refractivity contribution is 6.17. The Hall–Kier alpha value is -1.80. The zero-order chi connectivity index (χ0) is 11.3. The zero-order valence-electron chi connectivity index (χ0n) is 7.64. The molecule has 0 aliphatic carbocycles. The van der Waals surface area contributed by atoms with E-state index in [1.807, 2.05) is 0 Å². The van der Waals surface area contributed by atoms with Crippen LogP contribution in [0.15, 0.2) is 18.2 Å². The average Bonchev–Trinajstić information content (AvgIpc) is 2.25. The van der Waals surface area contributed by atoms with Crippen LogP contribution in [0.25, 0.3) is 0 Å². The molecule has 0 heterocycles. The zero-order valence-corrected chi connectivity index (χ0v) is 8.40. The first-order chi connectivity index (χ1) is 7.19. The van der Waals surface area contributed by atoms with Crippen molar-refractivity contribution in [3.8, 4) is 11.8 Å². The maximum Gasteiger partial charge on any atom is 0.310 e. The van der Waals surface area contributed by atoms with Gasteiger partial charge in [0, 0.05) is 11.9 Å². The molecule has 1 aromatic rings. The molecular weight excluding hydrogens is 220 g/mol. The summed E-state index contributed by atoms with van der Waals surface area (Å²) < 4.78 is 4.93. The van der Waals surface area contributed by atoms with Gasteiger partial charge in [-0.1, -0.05) is 6.07 Å². The van der Waals surface area contributed by atoms with E-state index in [1.54, 1.807) is 12.1 Å². The predicted molar refractivity (Wildman–Crippen MR) is 53.8 cm³/mol. The van der Waals surface area contributed by atoms with Gasteiger partial charge in [0.25, 0.3) is 0 Å². The summed E-state index contributed by atoms with van der Waals surface area (Å²) in [6.45, 7) is -0.230. The molecule has 6 heteroatoms. The molecular formula is C9H7ClN2O3. The van der Waals surface area contributed by atoms with Gasteiger partial charge in [0.1, 0.15) is 6.07 Å². The SMILES string of the molecule is N#CCOc1cc(CCl)ccc1[N+](=O)[O-]. The van der Waals surface area contributed by atoms with Crippen LogP contribution in [-0.2, 0) is 5.88 Å². The van der Waals surface area contributed by atoms with Crippen LogP contribution in [0.1, 0.15) is 5.56 Å². The summed E-state index contributed by atoms with van der Waals surface area (Å²) in [4.78, 5) is 10.0. The van der Waals surface area contributed by atoms with E-state index in [9.17, 15) is 10.1 Å². The van der Waals surface area contributed by atoms with Crippen LogP contribution >= 0.6 is 11.6 Å². The number of hydrogen-bond donors (Lipinski definition) is 0. The summed E-state index contributed by atoms with van der Waals surface area (Å²) in [5, 5.41) is 18.9. The molecule has 15 heavy (non-hydrogen) atoms. The second-order valence-electron chi connectivity index (χ2n) is 2.64. The van der Waals surface area contributed by atoms with Crippen LogP contribution in [0, 0.1) is 21.4 Å². The lowest BCUT2D eigenvalue weighted by Gasteiger charge is -2.04. The number of nitro benzene ring substituents is 1. The van der Waals surface area contributed by atoms with E-state index in [1.165, 1.54) is 12.1 Å². The summed E-state index contributed by atoms with van der Waals surface area (Å²) in [7, 11) is 0. The van der Waals surface area contributed by atoms with E-state index >= 15 is 0 Å². The van der Waals surface area contributed by atoms with Crippen molar-refractivity contribution in [1.82, 2.24) is 0 Å². The van der Waals surface area contributed by atoms with E-state index in [0.29, 0.717) is 5.56 Å². The molecule has 1 aromatic carbocycles. The second-order valence-corrected chi connectivity index (χ2v) is 2.91. The fourth-order valence-electron chi connectivity index (χ4n) is 1.02. The highest BCUT2D eigenvalue weighted by atomic mass is 35.5. The lowest BCUT2D eigenvalue weighted by atomic mass is 10.2. The van der Waals surface area contributed by atoms with Crippen molar-refractivity contribution >= 4 is 17.3 Å². The lowest BCUT2D eigenvalue weighted by Crippen LogP contribution is -1.99. The van der Waals surface area contributed by atoms with Gasteiger partial charge in [-0.3, -0.25) is 10.1 Å². The number of alkyl halides is 1. The van der Waals surface area contributed by atoms with Crippen LogP contribution < -0.4 is 4.74 Å². The number of benzene rings is 1. The van der Waals surface area contributed by atoms with Gasteiger partial charge < -0.3 is 4.74 Å². The van der Waals surface area contributed by atoms with Crippen molar-refractivity contribution in [2.75, 3.05) is 6.61 Å². The summed E-state index contributed by atoms with van der Waals surface area (Å²) in [6, 6.07) is 6.06. The summed E-state index contributed by atoms with van der Waals surface area (Å²) in [5.41, 5.74) is 0.536. The molecule has 0 amide bonds. The standard InChI is InChI=1S/C9H7ClN2O3/c10-6-7-1-2-8(12(13)14)9(5-7)15-4-3-11/h1-2,5H,4,6H2. The molecule has 5 nitrogen and oxygen atoms in total. The van der Waals surface area contributed by atoms with E-state index in [-0.39, 0.29) is 23.9 Å². The molecule has 0 saturated carbocycles. The molecule has 78 valence electrons. The summed E-state index contributed by atoms with van der Waals surface area (Å²) >= 11 is 5.57. The third-order valence-corrected chi connectivity index (χ3v) is 1.98. The van der Waals surface area contributed by atoms with Crippen LogP contribution in [0.2, 0.25) is 0 Å². The minimum Gasteiger partial charge on any atom is -0.472 e. The average molecular weight is 227 g/mol. The Labute approximate surface area is 91.0 Å². The number of rotatable bonds is 4. The van der Waals surface area contributed by atoms with Crippen molar-refractivity contribution in [3.63, 3.8) is 0 Å². The predicted octanol–water partition coefficient (Wildman–Crippen LogP) is 2.24. The molecule has 0 aliphatic heterocycles. The molecule has 0 aromatic heterocycles. The Morgan fingerprint density at radius 2 is 2.33 bits per heavy atom. The number of nitro groups is 1. The van der Waals surface area contributed by atoms with Crippen LogP contribution in [0.5, 0.6) is 5.75 Å². The molecule has 0 bridgehead atoms. The van der Waals surface area contributed by atoms with Crippen molar-refractivity contribution in [1.29, 1.82) is 5.26 Å². The second kappa shape index (κ2) is 5.17. The first kappa shape index (κ1) is 11.3. The van der Waals surface area contributed by atoms with E-state index in [2.05, 4.69) is 0 Å². The summed E-state index contributed by atoms with van der Waals surface area (Å²) in [5.74, 6) is 0.306. The Kier molecular flexibility index (Phi) is 3.89. The fourth-order valence-corrected chi connectivity index (χ4v) is 1.18. The summed E-state index contributed by atoms with van der Waals surface area (Å²) in [6.07, 6.45) is 0. The number of halogens is 1. The third kappa shape index (κ3) is 2.82. The lowest BCUT2D eigenvalue weighted by molar-refractivity contribution is -0.385. The van der Waals surface area contributed by atoms with Crippen molar-refractivity contribution in [2.45, 2.75) is 5.88 Å². The molecule has 0 N–H and O–H groups in total.